The van der Waals surface area contributed by atoms with Crippen LogP contribution in [0, 0.1) is 0 Å². The molecule has 0 unspecified atom stereocenters. The molecule has 0 saturated carbocycles. The van der Waals surface area contributed by atoms with E-state index in [9.17, 15) is 4.79 Å². The van der Waals surface area contributed by atoms with Crippen LogP contribution >= 0.6 is 0 Å². The van der Waals surface area contributed by atoms with Crippen LogP contribution in [-0.2, 0) is 9.47 Å². The van der Waals surface area contributed by atoms with Crippen LogP contribution in [0.3, 0.4) is 0 Å². The highest BCUT2D eigenvalue weighted by Crippen LogP contribution is 2.31. The largest absolute Gasteiger partial charge is 0.347 e. The molecule has 128 valence electrons. The van der Waals surface area contributed by atoms with Gasteiger partial charge in [-0.1, -0.05) is 13.8 Å². The lowest BCUT2D eigenvalue weighted by Crippen LogP contribution is -2.47. The maximum absolute atomic E-state index is 12.9. The average Bonchev–Trinajstić information content (AvgIpc) is 3.23. The second-order valence-electron chi connectivity index (χ2n) is 6.72. The monoisotopic (exact) mass is 330 g/mol. The number of hydrogen-bond acceptors (Lipinski definition) is 5. The minimum absolute atomic E-state index is 0.0338. The molecule has 0 aliphatic carbocycles. The second kappa shape index (κ2) is 5.82. The second-order valence-corrected chi connectivity index (χ2v) is 6.72. The lowest BCUT2D eigenvalue weighted by atomic mass is 10.0. The van der Waals surface area contributed by atoms with E-state index < -0.39 is 5.79 Å². The lowest BCUT2D eigenvalue weighted by Gasteiger charge is -2.37. The molecule has 7 nitrogen and oxygen atoms in total. The number of piperidine rings is 1. The smallest absolute Gasteiger partial charge is 0.272 e. The van der Waals surface area contributed by atoms with Gasteiger partial charge in [0.2, 0.25) is 0 Å². The molecule has 0 bridgehead atoms. The Morgan fingerprint density at radius 3 is 2.62 bits per heavy atom. The van der Waals surface area contributed by atoms with Gasteiger partial charge in [-0.05, 0) is 12.0 Å². The maximum atomic E-state index is 12.9. The number of amides is 1. The van der Waals surface area contributed by atoms with Crippen molar-refractivity contribution in [3.63, 3.8) is 0 Å². The van der Waals surface area contributed by atoms with Crippen molar-refractivity contribution >= 4 is 11.6 Å². The summed E-state index contributed by atoms with van der Waals surface area (Å²) in [5.74, 6) is -0.247. The molecule has 2 fully saturated rings. The van der Waals surface area contributed by atoms with Crippen LogP contribution in [0.1, 0.15) is 48.8 Å². The standard InChI is InChI=1S/C17H22N4O3/c1-12(2)14-11-13(19-15-3-6-18-21(14)15)16(22)20-7-4-17(5-8-20)23-9-10-24-17/h3,6,11-12H,4-5,7-10H2,1-2H3. The summed E-state index contributed by atoms with van der Waals surface area (Å²) in [6.07, 6.45) is 3.14. The third-order valence-electron chi connectivity index (χ3n) is 4.82. The molecule has 0 atom stereocenters. The minimum atomic E-state index is -0.470. The number of aromatic nitrogens is 3. The molecule has 1 spiro atoms. The van der Waals surface area contributed by atoms with Crippen LogP contribution < -0.4 is 0 Å². The number of nitrogens with zero attached hydrogens (tertiary/aromatic N) is 4. The van der Waals surface area contributed by atoms with Gasteiger partial charge in [0.25, 0.3) is 5.91 Å². The molecule has 0 aromatic carbocycles. The third-order valence-corrected chi connectivity index (χ3v) is 4.82. The van der Waals surface area contributed by atoms with E-state index in [1.165, 1.54) is 0 Å². The fraction of sp³-hybridized carbons (Fsp3) is 0.588. The normalized spacial score (nSPS) is 20.4. The van der Waals surface area contributed by atoms with Crippen molar-refractivity contribution in [1.82, 2.24) is 19.5 Å². The summed E-state index contributed by atoms with van der Waals surface area (Å²) in [6.45, 7) is 6.72. The molecule has 0 radical (unpaired) electrons. The van der Waals surface area contributed by atoms with Crippen LogP contribution in [0.25, 0.3) is 5.65 Å². The maximum Gasteiger partial charge on any atom is 0.272 e. The zero-order valence-corrected chi connectivity index (χ0v) is 14.1. The van der Waals surface area contributed by atoms with Crippen molar-refractivity contribution in [3.05, 3.63) is 29.7 Å². The van der Waals surface area contributed by atoms with Crippen molar-refractivity contribution in [2.75, 3.05) is 26.3 Å². The van der Waals surface area contributed by atoms with Crippen molar-refractivity contribution in [2.45, 2.75) is 38.4 Å². The van der Waals surface area contributed by atoms with E-state index in [4.69, 9.17) is 9.47 Å². The van der Waals surface area contributed by atoms with Gasteiger partial charge in [-0.3, -0.25) is 4.79 Å². The molecule has 4 heterocycles. The molecule has 0 N–H and O–H groups in total. The first-order valence-corrected chi connectivity index (χ1v) is 8.50. The summed E-state index contributed by atoms with van der Waals surface area (Å²) in [4.78, 5) is 19.2. The van der Waals surface area contributed by atoms with Crippen LogP contribution in [-0.4, -0.2) is 57.5 Å². The summed E-state index contributed by atoms with van der Waals surface area (Å²) in [6, 6.07) is 3.69. The van der Waals surface area contributed by atoms with E-state index in [2.05, 4.69) is 23.9 Å². The van der Waals surface area contributed by atoms with Crippen molar-refractivity contribution in [3.8, 4) is 0 Å². The van der Waals surface area contributed by atoms with Gasteiger partial charge in [0.15, 0.2) is 11.4 Å². The summed E-state index contributed by atoms with van der Waals surface area (Å²) in [5.41, 5.74) is 2.18. The Hall–Kier alpha value is -1.99. The Balaban J connectivity index is 1.57. The highest BCUT2D eigenvalue weighted by molar-refractivity contribution is 5.93. The van der Waals surface area contributed by atoms with E-state index in [0.29, 0.717) is 50.5 Å². The number of likely N-dealkylation sites (tertiary alicyclic amines) is 1. The molecule has 2 aliphatic heterocycles. The van der Waals surface area contributed by atoms with Gasteiger partial charge in [-0.15, -0.1) is 0 Å². The van der Waals surface area contributed by atoms with Gasteiger partial charge >= 0.3 is 0 Å². The molecular weight excluding hydrogens is 308 g/mol. The van der Waals surface area contributed by atoms with E-state index in [1.807, 2.05) is 17.0 Å². The number of fused-ring (bicyclic) bond motifs is 1. The number of ether oxygens (including phenoxy) is 2. The van der Waals surface area contributed by atoms with Crippen molar-refractivity contribution < 1.29 is 14.3 Å². The van der Waals surface area contributed by atoms with Gasteiger partial charge in [0.05, 0.1) is 19.4 Å². The molecule has 1 amide bonds. The van der Waals surface area contributed by atoms with Gasteiger partial charge in [-0.25, -0.2) is 9.50 Å². The average molecular weight is 330 g/mol. The fourth-order valence-corrected chi connectivity index (χ4v) is 3.46. The Bertz CT molecular complexity index is 754. The first-order valence-electron chi connectivity index (χ1n) is 8.50. The topological polar surface area (TPSA) is 69.0 Å². The SMILES string of the molecule is CC(C)c1cc(C(=O)N2CCC3(CC2)OCCO3)nc2ccnn12. The van der Waals surface area contributed by atoms with Crippen LogP contribution in [0.4, 0.5) is 0 Å². The Labute approximate surface area is 140 Å². The van der Waals surface area contributed by atoms with Crippen molar-refractivity contribution in [1.29, 1.82) is 0 Å². The molecule has 7 heteroatoms. The van der Waals surface area contributed by atoms with Gasteiger partial charge in [0.1, 0.15) is 5.69 Å². The highest BCUT2D eigenvalue weighted by Gasteiger charge is 2.41. The molecule has 2 saturated heterocycles. The van der Waals surface area contributed by atoms with E-state index in [1.54, 1.807) is 10.7 Å². The summed E-state index contributed by atoms with van der Waals surface area (Å²) in [5, 5.41) is 4.30. The molecule has 2 aromatic rings. The summed E-state index contributed by atoms with van der Waals surface area (Å²) < 4.78 is 13.2. The quantitative estimate of drug-likeness (QED) is 0.840. The first-order chi connectivity index (χ1) is 11.6. The van der Waals surface area contributed by atoms with E-state index in [0.717, 1.165) is 5.69 Å². The molecule has 2 aromatic heterocycles. The third kappa shape index (κ3) is 2.57. The zero-order valence-electron chi connectivity index (χ0n) is 14.1. The molecular formula is C17H22N4O3. The first kappa shape index (κ1) is 15.5. The number of carbonyl (C=O) groups excluding carboxylic acids is 1. The Kier molecular flexibility index (Phi) is 3.77. The summed E-state index contributed by atoms with van der Waals surface area (Å²) >= 11 is 0. The van der Waals surface area contributed by atoms with Crippen molar-refractivity contribution in [2.24, 2.45) is 0 Å². The predicted molar refractivity (Wildman–Crippen MR) is 86.8 cm³/mol. The Morgan fingerprint density at radius 2 is 1.96 bits per heavy atom. The molecule has 4 rings (SSSR count). The molecule has 2 aliphatic rings. The van der Waals surface area contributed by atoms with Gasteiger partial charge in [0, 0.05) is 37.7 Å². The predicted octanol–water partition coefficient (Wildman–Crippen LogP) is 1.83. The highest BCUT2D eigenvalue weighted by atomic mass is 16.7. The lowest BCUT2D eigenvalue weighted by molar-refractivity contribution is -0.181. The zero-order chi connectivity index (χ0) is 16.7. The minimum Gasteiger partial charge on any atom is -0.347 e. The van der Waals surface area contributed by atoms with Gasteiger partial charge in [-0.2, -0.15) is 5.10 Å². The van der Waals surface area contributed by atoms with E-state index in [-0.39, 0.29) is 11.8 Å². The number of carbonyl (C=O) groups is 1. The van der Waals surface area contributed by atoms with Gasteiger partial charge < -0.3 is 14.4 Å². The van der Waals surface area contributed by atoms with Crippen LogP contribution in [0.5, 0.6) is 0 Å². The van der Waals surface area contributed by atoms with E-state index >= 15 is 0 Å². The van der Waals surface area contributed by atoms with Crippen LogP contribution in [0.2, 0.25) is 0 Å². The summed E-state index contributed by atoms with van der Waals surface area (Å²) in [7, 11) is 0. The fourth-order valence-electron chi connectivity index (χ4n) is 3.46. The van der Waals surface area contributed by atoms with Crippen LogP contribution in [0.15, 0.2) is 18.3 Å². The molecule has 24 heavy (non-hydrogen) atoms. The number of rotatable bonds is 2. The Morgan fingerprint density at radius 1 is 1.25 bits per heavy atom. The number of hydrogen-bond donors (Lipinski definition) is 0.